The SMILES string of the molecule is CC(=O)NCCn1c(C2CCCN(C(=O)CC(N)Cc3ccc(-c4cnc(N)nc4)cc3)C2)nc2c(C)cccc21. The van der Waals surface area contributed by atoms with E-state index < -0.39 is 0 Å². The van der Waals surface area contributed by atoms with Gasteiger partial charge in [-0.05, 0) is 48.9 Å². The Balaban J connectivity index is 1.23. The van der Waals surface area contributed by atoms with E-state index in [-0.39, 0.29) is 29.7 Å². The van der Waals surface area contributed by atoms with Crippen LogP contribution >= 0.6 is 0 Å². The van der Waals surface area contributed by atoms with Crippen LogP contribution in [-0.2, 0) is 22.6 Å². The number of nitrogens with zero attached hydrogens (tertiary/aromatic N) is 5. The van der Waals surface area contributed by atoms with E-state index in [2.05, 4.69) is 38.9 Å². The number of nitrogens with one attached hydrogen (secondary N) is 1. The van der Waals surface area contributed by atoms with Crippen molar-refractivity contribution in [3.63, 3.8) is 0 Å². The molecule has 10 heteroatoms. The second kappa shape index (κ2) is 12.5. The molecule has 2 atom stereocenters. The van der Waals surface area contributed by atoms with Crippen molar-refractivity contribution in [2.24, 2.45) is 5.73 Å². The highest BCUT2D eigenvalue weighted by Gasteiger charge is 2.29. The van der Waals surface area contributed by atoms with Crippen molar-refractivity contribution < 1.29 is 9.59 Å². The molecule has 2 amide bonds. The molecule has 10 nitrogen and oxygen atoms in total. The lowest BCUT2D eigenvalue weighted by Crippen LogP contribution is -2.42. The number of para-hydroxylation sites is 1. The number of aryl methyl sites for hydroxylation is 1. The fourth-order valence-corrected chi connectivity index (χ4v) is 5.66. The molecule has 0 bridgehead atoms. The summed E-state index contributed by atoms with van der Waals surface area (Å²) < 4.78 is 2.21. The third-order valence-corrected chi connectivity index (χ3v) is 7.75. The zero-order chi connectivity index (χ0) is 28.9. The maximum Gasteiger partial charge on any atom is 0.224 e. The summed E-state index contributed by atoms with van der Waals surface area (Å²) in [6.45, 7) is 6.10. The van der Waals surface area contributed by atoms with Gasteiger partial charge in [0, 0.05) is 69.4 Å². The number of carbonyl (C=O) groups is 2. The fraction of sp³-hybridized carbons (Fsp3) is 0.387. The fourth-order valence-electron chi connectivity index (χ4n) is 5.66. The molecule has 1 aliphatic heterocycles. The molecular formula is C31H38N8O2. The highest BCUT2D eigenvalue weighted by molar-refractivity contribution is 5.80. The summed E-state index contributed by atoms with van der Waals surface area (Å²) in [5.41, 5.74) is 18.2. The van der Waals surface area contributed by atoms with Gasteiger partial charge in [-0.25, -0.2) is 15.0 Å². The highest BCUT2D eigenvalue weighted by Crippen LogP contribution is 2.31. The van der Waals surface area contributed by atoms with Gasteiger partial charge in [-0.1, -0.05) is 36.4 Å². The van der Waals surface area contributed by atoms with E-state index in [0.717, 1.165) is 58.5 Å². The highest BCUT2D eigenvalue weighted by atomic mass is 16.2. The molecule has 2 unspecified atom stereocenters. The van der Waals surface area contributed by atoms with Crippen molar-refractivity contribution in [3.05, 3.63) is 71.8 Å². The maximum absolute atomic E-state index is 13.3. The molecule has 41 heavy (non-hydrogen) atoms. The van der Waals surface area contributed by atoms with Crippen LogP contribution in [0.2, 0.25) is 0 Å². The van der Waals surface area contributed by atoms with Crippen LogP contribution in [0.3, 0.4) is 0 Å². The van der Waals surface area contributed by atoms with Crippen LogP contribution in [0.25, 0.3) is 22.2 Å². The zero-order valence-electron chi connectivity index (χ0n) is 23.7. The topological polar surface area (TPSA) is 145 Å². The second-order valence-corrected chi connectivity index (χ2v) is 10.9. The number of imidazole rings is 1. The molecule has 214 valence electrons. The standard InChI is InChI=1S/C31H38N8O2/c1-20-5-3-7-27-29(20)37-30(39(27)14-12-34-21(2)40)24-6-4-13-38(19-24)28(41)16-26(32)15-22-8-10-23(11-9-22)25-17-35-31(33)36-18-25/h3,5,7-11,17-18,24,26H,4,6,12-16,19,32H2,1-2H3,(H,34,40)(H2,33,35,36). The van der Waals surface area contributed by atoms with Gasteiger partial charge >= 0.3 is 0 Å². The van der Waals surface area contributed by atoms with Crippen molar-refractivity contribution >= 4 is 28.8 Å². The summed E-state index contributed by atoms with van der Waals surface area (Å²) in [5, 5.41) is 2.90. The number of piperidine rings is 1. The summed E-state index contributed by atoms with van der Waals surface area (Å²) in [6, 6.07) is 14.0. The van der Waals surface area contributed by atoms with Gasteiger partial charge in [0.05, 0.1) is 11.0 Å². The predicted molar refractivity (Wildman–Crippen MR) is 160 cm³/mol. The summed E-state index contributed by atoms with van der Waals surface area (Å²) in [6.07, 6.45) is 6.18. The molecule has 1 fully saturated rings. The Hall–Kier alpha value is -4.31. The number of carbonyl (C=O) groups excluding carboxylic acids is 2. The second-order valence-electron chi connectivity index (χ2n) is 10.9. The average molecular weight is 555 g/mol. The summed E-state index contributed by atoms with van der Waals surface area (Å²) in [7, 11) is 0. The van der Waals surface area contributed by atoms with Gasteiger partial charge in [0.2, 0.25) is 17.8 Å². The van der Waals surface area contributed by atoms with Gasteiger partial charge in [-0.3, -0.25) is 9.59 Å². The molecule has 4 aromatic rings. The summed E-state index contributed by atoms with van der Waals surface area (Å²) >= 11 is 0. The molecule has 5 N–H and O–H groups in total. The number of benzene rings is 2. The first-order valence-corrected chi connectivity index (χ1v) is 14.2. The van der Waals surface area contributed by atoms with Gasteiger partial charge < -0.3 is 26.3 Å². The Bertz CT molecular complexity index is 1510. The Morgan fingerprint density at radius 3 is 2.59 bits per heavy atom. The number of amides is 2. The number of nitrogen functional groups attached to an aromatic ring is 1. The maximum atomic E-state index is 13.3. The number of hydrogen-bond acceptors (Lipinski definition) is 7. The molecule has 2 aromatic carbocycles. The van der Waals surface area contributed by atoms with E-state index in [4.69, 9.17) is 16.5 Å². The third-order valence-electron chi connectivity index (χ3n) is 7.75. The number of nitrogens with two attached hydrogens (primary N) is 2. The number of anilines is 1. The van der Waals surface area contributed by atoms with E-state index in [1.54, 1.807) is 12.4 Å². The number of aromatic nitrogens is 4. The molecule has 2 aromatic heterocycles. The number of likely N-dealkylation sites (tertiary alicyclic amines) is 1. The quantitative estimate of drug-likeness (QED) is 0.288. The summed E-state index contributed by atoms with van der Waals surface area (Å²) in [4.78, 5) is 39.9. The van der Waals surface area contributed by atoms with E-state index in [1.807, 2.05) is 35.2 Å². The van der Waals surface area contributed by atoms with E-state index in [0.29, 0.717) is 32.5 Å². The largest absolute Gasteiger partial charge is 0.368 e. The third kappa shape index (κ3) is 6.71. The van der Waals surface area contributed by atoms with Crippen LogP contribution in [0.15, 0.2) is 54.9 Å². The van der Waals surface area contributed by atoms with E-state index in [1.165, 1.54) is 6.92 Å². The minimum Gasteiger partial charge on any atom is -0.368 e. The molecule has 0 spiro atoms. The molecule has 1 saturated heterocycles. The number of hydrogen-bond donors (Lipinski definition) is 3. The van der Waals surface area contributed by atoms with Crippen LogP contribution in [0.5, 0.6) is 0 Å². The lowest BCUT2D eigenvalue weighted by atomic mass is 9.95. The molecule has 3 heterocycles. The van der Waals surface area contributed by atoms with Crippen LogP contribution in [-0.4, -0.2) is 61.9 Å². The van der Waals surface area contributed by atoms with Crippen LogP contribution in [0, 0.1) is 6.92 Å². The van der Waals surface area contributed by atoms with Crippen molar-refractivity contribution in [1.82, 2.24) is 29.7 Å². The number of fused-ring (bicyclic) bond motifs is 1. The van der Waals surface area contributed by atoms with Crippen molar-refractivity contribution in [1.29, 1.82) is 0 Å². The first kappa shape index (κ1) is 28.2. The Labute approximate surface area is 240 Å². The molecule has 1 aliphatic rings. The first-order valence-electron chi connectivity index (χ1n) is 14.2. The molecule has 0 aliphatic carbocycles. The smallest absolute Gasteiger partial charge is 0.224 e. The molecular weight excluding hydrogens is 516 g/mol. The lowest BCUT2D eigenvalue weighted by molar-refractivity contribution is -0.132. The number of rotatable bonds is 9. The molecule has 0 saturated carbocycles. The monoisotopic (exact) mass is 554 g/mol. The Kier molecular flexibility index (Phi) is 8.58. The predicted octanol–water partition coefficient (Wildman–Crippen LogP) is 3.19. The molecule has 5 rings (SSSR count). The average Bonchev–Trinajstić information content (AvgIpc) is 3.33. The van der Waals surface area contributed by atoms with Crippen molar-refractivity contribution in [2.75, 3.05) is 25.4 Å². The lowest BCUT2D eigenvalue weighted by Gasteiger charge is -2.33. The van der Waals surface area contributed by atoms with Gasteiger partial charge in [-0.2, -0.15) is 0 Å². The Morgan fingerprint density at radius 2 is 1.85 bits per heavy atom. The molecule has 0 radical (unpaired) electrons. The van der Waals surface area contributed by atoms with Gasteiger partial charge in [0.25, 0.3) is 0 Å². The first-order chi connectivity index (χ1) is 19.8. The summed E-state index contributed by atoms with van der Waals surface area (Å²) in [5.74, 6) is 1.38. The normalized spacial score (nSPS) is 16.1. The minimum atomic E-state index is -0.279. The van der Waals surface area contributed by atoms with Crippen LogP contribution in [0.4, 0.5) is 5.95 Å². The Morgan fingerprint density at radius 1 is 1.10 bits per heavy atom. The van der Waals surface area contributed by atoms with Gasteiger partial charge in [-0.15, -0.1) is 0 Å². The van der Waals surface area contributed by atoms with Gasteiger partial charge in [0.1, 0.15) is 5.82 Å². The van der Waals surface area contributed by atoms with Crippen molar-refractivity contribution in [2.45, 2.75) is 58.0 Å². The minimum absolute atomic E-state index is 0.0507. The van der Waals surface area contributed by atoms with Gasteiger partial charge in [0.15, 0.2) is 0 Å². The van der Waals surface area contributed by atoms with Crippen LogP contribution < -0.4 is 16.8 Å². The van der Waals surface area contributed by atoms with Crippen molar-refractivity contribution in [3.8, 4) is 11.1 Å². The van der Waals surface area contributed by atoms with Crippen LogP contribution in [0.1, 0.15) is 49.1 Å². The van der Waals surface area contributed by atoms with E-state index in [9.17, 15) is 9.59 Å². The zero-order valence-corrected chi connectivity index (χ0v) is 23.7. The van der Waals surface area contributed by atoms with E-state index >= 15 is 0 Å².